The van der Waals surface area contributed by atoms with Crippen LogP contribution in [0, 0.1) is 5.41 Å². The van der Waals surface area contributed by atoms with Gasteiger partial charge in [-0.25, -0.2) is 0 Å². The van der Waals surface area contributed by atoms with Crippen molar-refractivity contribution in [2.75, 3.05) is 17.2 Å². The van der Waals surface area contributed by atoms with Gasteiger partial charge in [0.15, 0.2) is 0 Å². The molecule has 1 heterocycles. The summed E-state index contributed by atoms with van der Waals surface area (Å²) in [6.45, 7) is 0.612. The van der Waals surface area contributed by atoms with E-state index >= 15 is 0 Å². The molecule has 2 aliphatic rings. The van der Waals surface area contributed by atoms with E-state index < -0.39 is 17.5 Å². The molecule has 1 aliphatic heterocycles. The molecule has 7 nitrogen and oxygen atoms in total. The quantitative estimate of drug-likeness (QED) is 0.733. The highest BCUT2D eigenvalue weighted by Gasteiger charge is 2.45. The standard InChI is InChI=1S/C18H22N2O5/c21-15(11-18(17(23)24)8-2-9-18)19-12-4-6-13(7-5-12)20-16(22)14-3-1-10-25-14/h4-7,14H,1-3,8-11H2,(H,19,21)(H,20,22)(H,23,24). The highest BCUT2D eigenvalue weighted by atomic mass is 16.5. The lowest BCUT2D eigenvalue weighted by Crippen LogP contribution is -2.41. The van der Waals surface area contributed by atoms with Gasteiger partial charge in [0.1, 0.15) is 6.10 Å². The smallest absolute Gasteiger partial charge is 0.310 e. The number of carboxylic acid groups (broad SMARTS) is 1. The first kappa shape index (κ1) is 17.4. The Morgan fingerprint density at radius 3 is 2.20 bits per heavy atom. The Kier molecular flexibility index (Phi) is 5.03. The number of carboxylic acids is 1. The lowest BCUT2D eigenvalue weighted by Gasteiger charge is -2.36. The Morgan fingerprint density at radius 1 is 1.08 bits per heavy atom. The third-order valence-corrected chi connectivity index (χ3v) is 4.92. The first-order valence-electron chi connectivity index (χ1n) is 8.54. The number of rotatable bonds is 6. The fourth-order valence-corrected chi connectivity index (χ4v) is 3.23. The van der Waals surface area contributed by atoms with Crippen molar-refractivity contribution in [3.8, 4) is 0 Å². The van der Waals surface area contributed by atoms with Crippen molar-refractivity contribution < 1.29 is 24.2 Å². The number of carbonyl (C=O) groups excluding carboxylic acids is 2. The molecule has 0 bridgehead atoms. The maximum Gasteiger partial charge on any atom is 0.310 e. The Balaban J connectivity index is 1.52. The minimum absolute atomic E-state index is 0.0140. The number of carbonyl (C=O) groups is 3. The van der Waals surface area contributed by atoms with Gasteiger partial charge in [-0.15, -0.1) is 0 Å². The summed E-state index contributed by atoms with van der Waals surface area (Å²) in [5.74, 6) is -1.37. The van der Waals surface area contributed by atoms with Crippen molar-refractivity contribution in [1.82, 2.24) is 0 Å². The summed E-state index contributed by atoms with van der Waals surface area (Å²) in [5, 5.41) is 14.8. The van der Waals surface area contributed by atoms with E-state index in [0.717, 1.165) is 19.3 Å². The number of anilines is 2. The van der Waals surface area contributed by atoms with E-state index in [4.69, 9.17) is 4.74 Å². The number of hydrogen-bond acceptors (Lipinski definition) is 4. The van der Waals surface area contributed by atoms with Gasteiger partial charge >= 0.3 is 5.97 Å². The van der Waals surface area contributed by atoms with Crippen LogP contribution in [0.2, 0.25) is 0 Å². The van der Waals surface area contributed by atoms with Crippen molar-refractivity contribution in [1.29, 1.82) is 0 Å². The van der Waals surface area contributed by atoms with Crippen LogP contribution in [0.1, 0.15) is 38.5 Å². The Hall–Kier alpha value is -2.41. The molecule has 0 radical (unpaired) electrons. The predicted molar refractivity (Wildman–Crippen MR) is 91.2 cm³/mol. The maximum atomic E-state index is 12.1. The van der Waals surface area contributed by atoms with E-state index in [-0.39, 0.29) is 18.2 Å². The minimum Gasteiger partial charge on any atom is -0.481 e. The summed E-state index contributed by atoms with van der Waals surface area (Å²) in [6.07, 6.45) is 3.15. The summed E-state index contributed by atoms with van der Waals surface area (Å²) >= 11 is 0. The molecule has 2 amide bonds. The zero-order valence-electron chi connectivity index (χ0n) is 13.9. The molecule has 3 N–H and O–H groups in total. The van der Waals surface area contributed by atoms with Gasteiger partial charge in [-0.3, -0.25) is 14.4 Å². The Bertz CT molecular complexity index is 661. The summed E-state index contributed by atoms with van der Waals surface area (Å²) in [4.78, 5) is 35.4. The Labute approximate surface area is 145 Å². The Morgan fingerprint density at radius 2 is 1.72 bits per heavy atom. The molecule has 1 aromatic carbocycles. The average Bonchev–Trinajstić information content (AvgIpc) is 3.07. The molecule has 25 heavy (non-hydrogen) atoms. The lowest BCUT2D eigenvalue weighted by molar-refractivity contribution is -0.157. The minimum atomic E-state index is -0.903. The highest BCUT2D eigenvalue weighted by Crippen LogP contribution is 2.44. The van der Waals surface area contributed by atoms with Crippen molar-refractivity contribution in [2.24, 2.45) is 5.41 Å². The molecule has 0 aromatic heterocycles. The number of ether oxygens (including phenoxy) is 1. The zero-order chi connectivity index (χ0) is 17.9. The predicted octanol–water partition coefficient (Wildman–Crippen LogP) is 2.39. The molecular weight excluding hydrogens is 324 g/mol. The molecule has 2 fully saturated rings. The van der Waals surface area contributed by atoms with Crippen molar-refractivity contribution in [3.63, 3.8) is 0 Å². The van der Waals surface area contributed by atoms with Gasteiger partial charge in [-0.2, -0.15) is 0 Å². The van der Waals surface area contributed by atoms with Gasteiger partial charge in [0.2, 0.25) is 5.91 Å². The topological polar surface area (TPSA) is 105 Å². The van der Waals surface area contributed by atoms with Crippen LogP contribution in [0.4, 0.5) is 11.4 Å². The summed E-state index contributed by atoms with van der Waals surface area (Å²) in [7, 11) is 0. The molecule has 134 valence electrons. The third kappa shape index (κ3) is 3.99. The van der Waals surface area contributed by atoms with Gasteiger partial charge in [-0.05, 0) is 49.9 Å². The van der Waals surface area contributed by atoms with Gasteiger partial charge in [0.05, 0.1) is 5.41 Å². The van der Waals surface area contributed by atoms with Gasteiger partial charge in [-0.1, -0.05) is 6.42 Å². The molecule has 1 aromatic rings. The number of nitrogens with one attached hydrogen (secondary N) is 2. The van der Waals surface area contributed by atoms with Crippen LogP contribution in [-0.2, 0) is 19.1 Å². The third-order valence-electron chi connectivity index (χ3n) is 4.92. The number of amides is 2. The monoisotopic (exact) mass is 346 g/mol. The summed E-state index contributed by atoms with van der Waals surface area (Å²) in [6, 6.07) is 6.74. The van der Waals surface area contributed by atoms with Crippen LogP contribution in [0.3, 0.4) is 0 Å². The molecule has 3 rings (SSSR count). The summed E-state index contributed by atoms with van der Waals surface area (Å²) in [5.41, 5.74) is 0.290. The second-order valence-corrected chi connectivity index (χ2v) is 6.73. The van der Waals surface area contributed by atoms with Crippen LogP contribution in [0.25, 0.3) is 0 Å². The highest BCUT2D eigenvalue weighted by molar-refractivity contribution is 5.96. The normalized spacial score (nSPS) is 21.2. The SMILES string of the molecule is O=C(CC1(C(=O)O)CCC1)Nc1ccc(NC(=O)C2CCCO2)cc1. The van der Waals surface area contributed by atoms with E-state index in [2.05, 4.69) is 10.6 Å². The number of benzene rings is 1. The van der Waals surface area contributed by atoms with Crippen LogP contribution >= 0.6 is 0 Å². The van der Waals surface area contributed by atoms with E-state index in [1.165, 1.54) is 0 Å². The van der Waals surface area contributed by atoms with Gasteiger partial charge < -0.3 is 20.5 Å². The van der Waals surface area contributed by atoms with Crippen molar-refractivity contribution >= 4 is 29.2 Å². The average molecular weight is 346 g/mol. The largest absolute Gasteiger partial charge is 0.481 e. The molecule has 1 aliphatic carbocycles. The van der Waals surface area contributed by atoms with E-state index in [1.54, 1.807) is 24.3 Å². The second kappa shape index (κ2) is 7.23. The molecule has 7 heteroatoms. The van der Waals surface area contributed by atoms with Gasteiger partial charge in [0.25, 0.3) is 5.91 Å². The maximum absolute atomic E-state index is 12.1. The first-order chi connectivity index (χ1) is 12.0. The van der Waals surface area contributed by atoms with E-state index in [1.807, 2.05) is 0 Å². The van der Waals surface area contributed by atoms with Crippen LogP contribution in [0.5, 0.6) is 0 Å². The van der Waals surface area contributed by atoms with Crippen molar-refractivity contribution in [2.45, 2.75) is 44.6 Å². The number of hydrogen-bond donors (Lipinski definition) is 3. The van der Waals surface area contributed by atoms with Crippen molar-refractivity contribution in [3.05, 3.63) is 24.3 Å². The molecule has 1 saturated carbocycles. The molecule has 1 saturated heterocycles. The lowest BCUT2D eigenvalue weighted by atomic mass is 9.66. The molecule has 1 atom stereocenters. The van der Waals surface area contributed by atoms with Gasteiger partial charge in [0, 0.05) is 24.4 Å². The van der Waals surface area contributed by atoms with E-state index in [0.29, 0.717) is 30.8 Å². The number of aliphatic carboxylic acids is 1. The first-order valence-corrected chi connectivity index (χ1v) is 8.54. The van der Waals surface area contributed by atoms with Crippen LogP contribution in [0.15, 0.2) is 24.3 Å². The van der Waals surface area contributed by atoms with Crippen LogP contribution in [-0.4, -0.2) is 35.6 Å². The zero-order valence-corrected chi connectivity index (χ0v) is 13.9. The molecule has 1 unspecified atom stereocenters. The molecular formula is C18H22N2O5. The van der Waals surface area contributed by atoms with E-state index in [9.17, 15) is 19.5 Å². The fourth-order valence-electron chi connectivity index (χ4n) is 3.23. The fraction of sp³-hybridized carbons (Fsp3) is 0.500. The van der Waals surface area contributed by atoms with Crippen LogP contribution < -0.4 is 10.6 Å². The molecule has 0 spiro atoms. The summed E-state index contributed by atoms with van der Waals surface area (Å²) < 4.78 is 5.33. The second-order valence-electron chi connectivity index (χ2n) is 6.73.